The summed E-state index contributed by atoms with van der Waals surface area (Å²) in [4.78, 5) is 11.9. The number of amides is 1. The lowest BCUT2D eigenvalue weighted by Crippen LogP contribution is -2.50. The van der Waals surface area contributed by atoms with E-state index in [0.29, 0.717) is 11.4 Å². The van der Waals surface area contributed by atoms with Crippen LogP contribution in [0.3, 0.4) is 0 Å². The van der Waals surface area contributed by atoms with Gasteiger partial charge >= 0.3 is 0 Å². The van der Waals surface area contributed by atoms with E-state index in [-0.39, 0.29) is 19.1 Å². The summed E-state index contributed by atoms with van der Waals surface area (Å²) in [5, 5.41) is 12.3. The molecule has 5 nitrogen and oxygen atoms in total. The van der Waals surface area contributed by atoms with Gasteiger partial charge in [0.1, 0.15) is 5.75 Å². The van der Waals surface area contributed by atoms with Crippen molar-refractivity contribution in [3.05, 3.63) is 24.3 Å². The number of nitrogen functional groups attached to an aromatic ring is 1. The zero-order valence-electron chi connectivity index (χ0n) is 10.9. The number of para-hydroxylation sites is 2. The molecule has 0 unspecified atom stereocenters. The third kappa shape index (κ3) is 3.38. The fourth-order valence-electron chi connectivity index (χ4n) is 2.46. The van der Waals surface area contributed by atoms with E-state index in [4.69, 9.17) is 10.5 Å². The normalized spacial score (nSPS) is 17.1. The molecule has 0 heterocycles. The van der Waals surface area contributed by atoms with Gasteiger partial charge in [0.05, 0.1) is 17.8 Å². The molecule has 1 aliphatic rings. The lowest BCUT2D eigenvalue weighted by Gasteiger charge is -2.27. The van der Waals surface area contributed by atoms with Crippen molar-refractivity contribution in [2.45, 2.75) is 31.2 Å². The van der Waals surface area contributed by atoms with Crippen LogP contribution in [0.15, 0.2) is 24.3 Å². The number of nitrogens with one attached hydrogen (secondary N) is 1. The SMILES string of the molecule is Nc1ccccc1OCC(=O)NC1(CO)CCCC1. The van der Waals surface area contributed by atoms with Crippen LogP contribution in [0.1, 0.15) is 25.7 Å². The molecule has 0 aliphatic heterocycles. The molecule has 1 aromatic rings. The van der Waals surface area contributed by atoms with Crippen LogP contribution in [0.5, 0.6) is 5.75 Å². The Morgan fingerprint density at radius 3 is 2.68 bits per heavy atom. The van der Waals surface area contributed by atoms with E-state index in [9.17, 15) is 9.90 Å². The molecule has 0 atom stereocenters. The lowest BCUT2D eigenvalue weighted by molar-refractivity contribution is -0.125. The van der Waals surface area contributed by atoms with Crippen molar-refractivity contribution in [2.75, 3.05) is 18.9 Å². The zero-order chi connectivity index (χ0) is 13.7. The van der Waals surface area contributed by atoms with E-state index < -0.39 is 5.54 Å². The smallest absolute Gasteiger partial charge is 0.258 e. The summed E-state index contributed by atoms with van der Waals surface area (Å²) >= 11 is 0. The number of benzene rings is 1. The standard InChI is InChI=1S/C14H20N2O3/c15-11-5-1-2-6-12(11)19-9-13(18)16-14(10-17)7-3-4-8-14/h1-2,5-6,17H,3-4,7-10,15H2,(H,16,18). The molecule has 1 saturated carbocycles. The van der Waals surface area contributed by atoms with E-state index in [0.717, 1.165) is 25.7 Å². The third-order valence-electron chi connectivity index (χ3n) is 3.55. The second kappa shape index (κ2) is 5.93. The van der Waals surface area contributed by atoms with Crippen molar-refractivity contribution in [3.63, 3.8) is 0 Å². The monoisotopic (exact) mass is 264 g/mol. The molecule has 0 bridgehead atoms. The Balaban J connectivity index is 1.86. The number of rotatable bonds is 5. The van der Waals surface area contributed by atoms with Crippen molar-refractivity contribution in [1.82, 2.24) is 5.32 Å². The summed E-state index contributed by atoms with van der Waals surface area (Å²) in [6.45, 7) is -0.109. The molecule has 0 saturated heterocycles. The van der Waals surface area contributed by atoms with Gasteiger partial charge in [-0.2, -0.15) is 0 Å². The predicted octanol–water partition coefficient (Wildman–Crippen LogP) is 1.07. The first-order chi connectivity index (χ1) is 9.15. The van der Waals surface area contributed by atoms with E-state index in [2.05, 4.69) is 5.32 Å². The second-order valence-corrected chi connectivity index (χ2v) is 5.02. The Morgan fingerprint density at radius 2 is 2.05 bits per heavy atom. The largest absolute Gasteiger partial charge is 0.482 e. The Hall–Kier alpha value is -1.75. The Labute approximate surface area is 112 Å². The van der Waals surface area contributed by atoms with Gasteiger partial charge in [0.15, 0.2) is 6.61 Å². The average molecular weight is 264 g/mol. The van der Waals surface area contributed by atoms with Crippen LogP contribution in [0.2, 0.25) is 0 Å². The predicted molar refractivity (Wildman–Crippen MR) is 72.8 cm³/mol. The number of aliphatic hydroxyl groups excluding tert-OH is 1. The summed E-state index contributed by atoms with van der Waals surface area (Å²) in [7, 11) is 0. The van der Waals surface area contributed by atoms with Crippen molar-refractivity contribution >= 4 is 11.6 Å². The van der Waals surface area contributed by atoms with Crippen molar-refractivity contribution in [1.29, 1.82) is 0 Å². The van der Waals surface area contributed by atoms with Gasteiger partial charge in [-0.25, -0.2) is 0 Å². The van der Waals surface area contributed by atoms with E-state index in [1.54, 1.807) is 18.2 Å². The van der Waals surface area contributed by atoms with Gasteiger partial charge in [-0.15, -0.1) is 0 Å². The first-order valence-corrected chi connectivity index (χ1v) is 6.54. The van der Waals surface area contributed by atoms with Crippen LogP contribution in [0.25, 0.3) is 0 Å². The zero-order valence-corrected chi connectivity index (χ0v) is 10.9. The van der Waals surface area contributed by atoms with Gasteiger partial charge in [-0.1, -0.05) is 25.0 Å². The fraction of sp³-hybridized carbons (Fsp3) is 0.500. The Morgan fingerprint density at radius 1 is 1.37 bits per heavy atom. The molecular formula is C14H20N2O3. The number of hydrogen-bond acceptors (Lipinski definition) is 4. The summed E-state index contributed by atoms with van der Waals surface area (Å²) < 4.78 is 5.38. The van der Waals surface area contributed by atoms with E-state index in [1.165, 1.54) is 0 Å². The number of anilines is 1. The highest BCUT2D eigenvalue weighted by Crippen LogP contribution is 2.29. The minimum absolute atomic E-state index is 0.0216. The van der Waals surface area contributed by atoms with Gasteiger partial charge in [-0.05, 0) is 25.0 Å². The Kier molecular flexibility index (Phi) is 4.27. The van der Waals surface area contributed by atoms with Crippen LogP contribution in [-0.2, 0) is 4.79 Å². The fourth-order valence-corrected chi connectivity index (χ4v) is 2.46. The quantitative estimate of drug-likeness (QED) is 0.694. The molecule has 1 amide bonds. The lowest BCUT2D eigenvalue weighted by atomic mass is 9.99. The third-order valence-corrected chi connectivity index (χ3v) is 3.55. The number of aliphatic hydroxyl groups is 1. The maximum atomic E-state index is 11.9. The second-order valence-electron chi connectivity index (χ2n) is 5.02. The van der Waals surface area contributed by atoms with Crippen molar-refractivity contribution in [2.24, 2.45) is 0 Å². The average Bonchev–Trinajstić information content (AvgIpc) is 2.87. The molecule has 1 fully saturated rings. The molecule has 0 spiro atoms. The van der Waals surface area contributed by atoms with Crippen LogP contribution in [0.4, 0.5) is 5.69 Å². The van der Waals surface area contributed by atoms with Crippen LogP contribution in [-0.4, -0.2) is 29.8 Å². The molecule has 19 heavy (non-hydrogen) atoms. The molecule has 5 heteroatoms. The topological polar surface area (TPSA) is 84.6 Å². The van der Waals surface area contributed by atoms with Crippen LogP contribution >= 0.6 is 0 Å². The van der Waals surface area contributed by atoms with Gasteiger partial charge in [0, 0.05) is 0 Å². The van der Waals surface area contributed by atoms with Gasteiger partial charge in [-0.3, -0.25) is 4.79 Å². The Bertz CT molecular complexity index is 442. The number of hydrogen-bond donors (Lipinski definition) is 3. The maximum Gasteiger partial charge on any atom is 0.258 e. The van der Waals surface area contributed by atoms with Crippen molar-refractivity contribution in [3.8, 4) is 5.75 Å². The number of ether oxygens (including phenoxy) is 1. The molecular weight excluding hydrogens is 244 g/mol. The highest BCUT2D eigenvalue weighted by molar-refractivity contribution is 5.78. The van der Waals surface area contributed by atoms with Crippen LogP contribution in [0, 0.1) is 0 Å². The van der Waals surface area contributed by atoms with Gasteiger partial charge in [0.25, 0.3) is 5.91 Å². The van der Waals surface area contributed by atoms with Crippen LogP contribution < -0.4 is 15.8 Å². The number of carbonyl (C=O) groups excluding carboxylic acids is 1. The van der Waals surface area contributed by atoms with E-state index >= 15 is 0 Å². The summed E-state index contributed by atoms with van der Waals surface area (Å²) in [6, 6.07) is 7.05. The van der Waals surface area contributed by atoms with Crippen molar-refractivity contribution < 1.29 is 14.6 Å². The highest BCUT2D eigenvalue weighted by atomic mass is 16.5. The number of carbonyl (C=O) groups is 1. The maximum absolute atomic E-state index is 11.9. The van der Waals surface area contributed by atoms with Gasteiger partial charge < -0.3 is 20.9 Å². The first-order valence-electron chi connectivity index (χ1n) is 6.54. The van der Waals surface area contributed by atoms with Gasteiger partial charge in [0.2, 0.25) is 0 Å². The van der Waals surface area contributed by atoms with E-state index in [1.807, 2.05) is 6.07 Å². The molecule has 1 aromatic carbocycles. The summed E-state index contributed by atoms with van der Waals surface area (Å²) in [6.07, 6.45) is 3.71. The highest BCUT2D eigenvalue weighted by Gasteiger charge is 2.34. The molecule has 2 rings (SSSR count). The first kappa shape index (κ1) is 13.7. The molecule has 4 N–H and O–H groups in total. The summed E-state index contributed by atoms with van der Waals surface area (Å²) in [5.41, 5.74) is 5.78. The minimum Gasteiger partial charge on any atom is -0.482 e. The molecule has 1 aliphatic carbocycles. The molecule has 0 aromatic heterocycles. The summed E-state index contributed by atoms with van der Waals surface area (Å²) in [5.74, 6) is 0.279. The minimum atomic E-state index is -0.456. The number of nitrogens with two attached hydrogens (primary N) is 1. The molecule has 104 valence electrons. The molecule has 0 radical (unpaired) electrons.